The van der Waals surface area contributed by atoms with Gasteiger partial charge in [0, 0.05) is 12.2 Å². The average molecular weight is 366 g/mol. The molecule has 134 valence electrons. The Balaban J connectivity index is 2.00. The smallest absolute Gasteiger partial charge is 0.319 e. The first-order chi connectivity index (χ1) is 11.9. The van der Waals surface area contributed by atoms with Gasteiger partial charge in [0.15, 0.2) is 0 Å². The number of ether oxygens (including phenoxy) is 1. The van der Waals surface area contributed by atoms with Crippen LogP contribution in [0.25, 0.3) is 0 Å². The Morgan fingerprint density at radius 2 is 2.04 bits per heavy atom. The van der Waals surface area contributed by atoms with Gasteiger partial charge in [-0.05, 0) is 50.0 Å². The minimum Gasteiger partial charge on any atom is -0.497 e. The molecule has 2 aromatic rings. The number of carbonyl (C=O) groups is 1. The van der Waals surface area contributed by atoms with Gasteiger partial charge in [-0.2, -0.15) is 0 Å². The van der Waals surface area contributed by atoms with Crippen molar-refractivity contribution in [2.24, 2.45) is 0 Å². The maximum Gasteiger partial charge on any atom is 0.319 e. The quantitative estimate of drug-likeness (QED) is 0.816. The van der Waals surface area contributed by atoms with Crippen LogP contribution < -0.4 is 15.4 Å². The van der Waals surface area contributed by atoms with Crippen LogP contribution in [0.3, 0.4) is 0 Å². The average Bonchev–Trinajstić information content (AvgIpc) is 2.58. The normalized spacial score (nSPS) is 11.9. The van der Waals surface area contributed by atoms with Gasteiger partial charge in [0.2, 0.25) is 0 Å². The molecule has 0 fully saturated rings. The third kappa shape index (κ3) is 5.34. The molecule has 2 N–H and O–H groups in total. The summed E-state index contributed by atoms with van der Waals surface area (Å²) < 4.78 is 18.4. The van der Waals surface area contributed by atoms with E-state index in [9.17, 15) is 9.18 Å². The Kier molecular flexibility index (Phi) is 6.61. The Morgan fingerprint density at radius 3 is 2.68 bits per heavy atom. The molecule has 2 rings (SSSR count). The van der Waals surface area contributed by atoms with Crippen LogP contribution in [0.5, 0.6) is 5.75 Å². The zero-order valence-corrected chi connectivity index (χ0v) is 15.1. The Morgan fingerprint density at radius 1 is 1.28 bits per heavy atom. The van der Waals surface area contributed by atoms with Crippen LogP contribution in [-0.2, 0) is 0 Å². The molecule has 2 aromatic carbocycles. The number of methoxy groups -OCH3 is 1. The van der Waals surface area contributed by atoms with Crippen molar-refractivity contribution in [3.63, 3.8) is 0 Å². The first-order valence-corrected chi connectivity index (χ1v) is 8.08. The first-order valence-electron chi connectivity index (χ1n) is 7.71. The van der Waals surface area contributed by atoms with Crippen LogP contribution in [0.4, 0.5) is 14.9 Å². The van der Waals surface area contributed by atoms with Crippen molar-refractivity contribution in [2.75, 3.05) is 33.1 Å². The second-order valence-electron chi connectivity index (χ2n) is 5.72. The summed E-state index contributed by atoms with van der Waals surface area (Å²) >= 11 is 5.71. The third-order valence-corrected chi connectivity index (χ3v) is 4.02. The van der Waals surface area contributed by atoms with Crippen molar-refractivity contribution in [2.45, 2.75) is 6.04 Å². The summed E-state index contributed by atoms with van der Waals surface area (Å²) in [5.41, 5.74) is 1.45. The van der Waals surface area contributed by atoms with Crippen LogP contribution in [-0.4, -0.2) is 38.7 Å². The Bertz CT molecular complexity index is 740. The number of anilines is 1. The molecule has 0 aliphatic rings. The lowest BCUT2D eigenvalue weighted by atomic mass is 10.1. The zero-order chi connectivity index (χ0) is 18.4. The number of urea groups is 1. The topological polar surface area (TPSA) is 53.6 Å². The highest BCUT2D eigenvalue weighted by molar-refractivity contribution is 6.31. The van der Waals surface area contributed by atoms with E-state index < -0.39 is 11.8 Å². The Hall–Kier alpha value is -2.31. The fraction of sp³-hybridized carbons (Fsp3) is 0.278. The summed E-state index contributed by atoms with van der Waals surface area (Å²) in [6, 6.07) is 11.3. The lowest BCUT2D eigenvalue weighted by molar-refractivity contribution is 0.243. The molecular formula is C18H21ClFN3O2. The standard InChI is InChI=1S/C18H21ClFN3O2/c1-23(2)17(12-5-4-6-14(9-12)25-3)11-21-18(24)22-13-7-8-16(20)15(19)10-13/h4-10,17H,11H2,1-3H3,(H2,21,22,24). The SMILES string of the molecule is COc1cccc(C(CNC(=O)Nc2ccc(F)c(Cl)c2)N(C)C)c1. The second-order valence-corrected chi connectivity index (χ2v) is 6.13. The van der Waals surface area contributed by atoms with Crippen LogP contribution in [0, 0.1) is 5.82 Å². The lowest BCUT2D eigenvalue weighted by Crippen LogP contribution is -2.36. The highest BCUT2D eigenvalue weighted by atomic mass is 35.5. The zero-order valence-electron chi connectivity index (χ0n) is 14.3. The number of carbonyl (C=O) groups excluding carboxylic acids is 1. The molecule has 1 unspecified atom stereocenters. The van der Waals surface area contributed by atoms with Gasteiger partial charge in [0.1, 0.15) is 11.6 Å². The maximum atomic E-state index is 13.2. The van der Waals surface area contributed by atoms with E-state index in [0.29, 0.717) is 12.2 Å². The van der Waals surface area contributed by atoms with E-state index in [1.165, 1.54) is 18.2 Å². The second kappa shape index (κ2) is 8.69. The molecule has 0 aliphatic heterocycles. The predicted molar refractivity (Wildman–Crippen MR) is 97.9 cm³/mol. The van der Waals surface area contributed by atoms with Gasteiger partial charge in [-0.25, -0.2) is 9.18 Å². The van der Waals surface area contributed by atoms with Crippen molar-refractivity contribution in [1.29, 1.82) is 0 Å². The highest BCUT2D eigenvalue weighted by Gasteiger charge is 2.16. The summed E-state index contributed by atoms with van der Waals surface area (Å²) in [6.45, 7) is 0.390. The van der Waals surface area contributed by atoms with Gasteiger partial charge in [-0.1, -0.05) is 23.7 Å². The lowest BCUT2D eigenvalue weighted by Gasteiger charge is -2.25. The molecule has 0 aliphatic carbocycles. The van der Waals surface area contributed by atoms with E-state index in [1.807, 2.05) is 43.3 Å². The van der Waals surface area contributed by atoms with Gasteiger partial charge in [-0.15, -0.1) is 0 Å². The van der Waals surface area contributed by atoms with Gasteiger partial charge in [0.05, 0.1) is 18.2 Å². The summed E-state index contributed by atoms with van der Waals surface area (Å²) in [5.74, 6) is 0.230. The fourth-order valence-corrected chi connectivity index (χ4v) is 2.57. The molecule has 0 spiro atoms. The summed E-state index contributed by atoms with van der Waals surface area (Å²) in [5, 5.41) is 5.41. The summed E-state index contributed by atoms with van der Waals surface area (Å²) in [4.78, 5) is 14.1. The Labute approximate surface area is 151 Å². The molecule has 0 saturated heterocycles. The molecule has 2 amide bonds. The molecule has 25 heavy (non-hydrogen) atoms. The van der Waals surface area contributed by atoms with Gasteiger partial charge in [-0.3, -0.25) is 0 Å². The van der Waals surface area contributed by atoms with E-state index in [-0.39, 0.29) is 11.1 Å². The number of likely N-dealkylation sites (N-methyl/N-ethyl adjacent to an activating group) is 1. The number of hydrogen-bond donors (Lipinski definition) is 2. The van der Waals surface area contributed by atoms with E-state index in [2.05, 4.69) is 10.6 Å². The van der Waals surface area contributed by atoms with Gasteiger partial charge in [0.25, 0.3) is 0 Å². The number of benzene rings is 2. The van der Waals surface area contributed by atoms with E-state index in [4.69, 9.17) is 16.3 Å². The molecule has 0 radical (unpaired) electrons. The van der Waals surface area contributed by atoms with Crippen molar-refractivity contribution < 1.29 is 13.9 Å². The van der Waals surface area contributed by atoms with E-state index in [1.54, 1.807) is 7.11 Å². The van der Waals surface area contributed by atoms with E-state index >= 15 is 0 Å². The van der Waals surface area contributed by atoms with Crippen LogP contribution in [0.15, 0.2) is 42.5 Å². The van der Waals surface area contributed by atoms with Gasteiger partial charge >= 0.3 is 6.03 Å². The molecule has 0 saturated carbocycles. The van der Waals surface area contributed by atoms with Crippen molar-refractivity contribution in [3.8, 4) is 5.75 Å². The number of nitrogens with one attached hydrogen (secondary N) is 2. The van der Waals surface area contributed by atoms with Crippen LogP contribution in [0.2, 0.25) is 5.02 Å². The predicted octanol–water partition coefficient (Wildman–Crippen LogP) is 3.91. The third-order valence-electron chi connectivity index (χ3n) is 3.74. The van der Waals surface area contributed by atoms with Crippen LogP contribution >= 0.6 is 11.6 Å². The first kappa shape index (κ1) is 19.0. The van der Waals surface area contributed by atoms with Crippen molar-refractivity contribution >= 4 is 23.3 Å². The number of rotatable bonds is 6. The van der Waals surface area contributed by atoms with Crippen molar-refractivity contribution in [1.82, 2.24) is 10.2 Å². The number of amides is 2. The number of nitrogens with zero attached hydrogens (tertiary/aromatic N) is 1. The number of hydrogen-bond acceptors (Lipinski definition) is 3. The summed E-state index contributed by atoms with van der Waals surface area (Å²) in [7, 11) is 5.48. The maximum absolute atomic E-state index is 13.2. The largest absolute Gasteiger partial charge is 0.497 e. The molecule has 0 heterocycles. The fourth-order valence-electron chi connectivity index (χ4n) is 2.39. The van der Waals surface area contributed by atoms with Gasteiger partial charge < -0.3 is 20.3 Å². The minimum absolute atomic E-state index is 0.0299. The van der Waals surface area contributed by atoms with Crippen molar-refractivity contribution in [3.05, 3.63) is 58.9 Å². The number of halogens is 2. The molecule has 7 heteroatoms. The molecular weight excluding hydrogens is 345 g/mol. The molecule has 0 bridgehead atoms. The summed E-state index contributed by atoms with van der Waals surface area (Å²) in [6.07, 6.45) is 0. The molecule has 1 atom stereocenters. The van der Waals surface area contributed by atoms with Crippen LogP contribution in [0.1, 0.15) is 11.6 Å². The minimum atomic E-state index is -0.529. The van der Waals surface area contributed by atoms with E-state index in [0.717, 1.165) is 11.3 Å². The monoisotopic (exact) mass is 365 g/mol. The molecule has 5 nitrogen and oxygen atoms in total. The highest BCUT2D eigenvalue weighted by Crippen LogP contribution is 2.22. The molecule has 0 aromatic heterocycles.